The van der Waals surface area contributed by atoms with Gasteiger partial charge < -0.3 is 9.84 Å². The van der Waals surface area contributed by atoms with E-state index < -0.39 is 16.4 Å². The minimum absolute atomic E-state index is 0.833. The fourth-order valence-electron chi connectivity index (χ4n) is 0.204. The maximum Gasteiger partial charge on any atom is 0.394 e. The number of carboxylic acids is 1. The van der Waals surface area contributed by atoms with E-state index in [0.717, 1.165) is 19.3 Å². The van der Waals surface area contributed by atoms with Crippen LogP contribution in [-0.2, 0) is 19.9 Å². The summed E-state index contributed by atoms with van der Waals surface area (Å²) in [7, 11) is -4.67. The van der Waals surface area contributed by atoms with E-state index in [0.29, 0.717) is 0 Å². The van der Waals surface area contributed by atoms with E-state index in [1.807, 2.05) is 13.8 Å². The lowest BCUT2D eigenvalue weighted by Crippen LogP contribution is -1.89. The molecule has 0 aliphatic carbocycles. The molecular weight excluding hydrogens is 228 g/mol. The van der Waals surface area contributed by atoms with Gasteiger partial charge >= 0.3 is 16.4 Å². The molecule has 0 aromatic carbocycles. The molecule has 0 aromatic heterocycles. The Hall–Kier alpha value is -0.960. The van der Waals surface area contributed by atoms with Crippen LogP contribution in [0.5, 0.6) is 0 Å². The summed E-state index contributed by atoms with van der Waals surface area (Å²) in [6, 6.07) is 0. The zero-order valence-electron chi connectivity index (χ0n) is 8.58. The Balaban J connectivity index is -0.000000144. The molecule has 0 spiro atoms. The highest BCUT2D eigenvalue weighted by molar-refractivity contribution is 7.79. The summed E-state index contributed by atoms with van der Waals surface area (Å²) in [5, 5.41) is 7.60. The first-order chi connectivity index (χ1) is 6.68. The Kier molecular flexibility index (Phi) is 17.0. The molecule has 92 valence electrons. The predicted molar refractivity (Wildman–Crippen MR) is 54.2 cm³/mol. The minimum atomic E-state index is -4.67. The summed E-state index contributed by atoms with van der Waals surface area (Å²) < 4.78 is 36.4. The average Bonchev–Trinajstić information content (AvgIpc) is 2.04. The van der Waals surface area contributed by atoms with Gasteiger partial charge in [0.1, 0.15) is 0 Å². The van der Waals surface area contributed by atoms with Crippen LogP contribution in [0, 0.1) is 0 Å². The van der Waals surface area contributed by atoms with Crippen molar-refractivity contribution in [1.29, 1.82) is 0 Å². The molecular formula is C7H16O7S. The van der Waals surface area contributed by atoms with Gasteiger partial charge in [-0.2, -0.15) is 8.42 Å². The van der Waals surface area contributed by atoms with Gasteiger partial charge in [0.2, 0.25) is 0 Å². The zero-order chi connectivity index (χ0) is 12.9. The molecule has 0 saturated carbocycles. The second kappa shape index (κ2) is 13.0. The number of rotatable bonds is 3. The Labute approximate surface area is 89.0 Å². The summed E-state index contributed by atoms with van der Waals surface area (Å²) in [6.45, 7) is 8.63. The van der Waals surface area contributed by atoms with Crippen LogP contribution in [0.15, 0.2) is 12.7 Å². The number of hydrogen-bond acceptors (Lipinski definition) is 4. The molecule has 0 saturated heterocycles. The van der Waals surface area contributed by atoms with Crippen molar-refractivity contribution in [2.45, 2.75) is 13.8 Å². The Morgan fingerprint density at radius 2 is 1.53 bits per heavy atom. The maximum atomic E-state index is 9.25. The largest absolute Gasteiger partial charge is 0.478 e. The van der Waals surface area contributed by atoms with Crippen LogP contribution < -0.4 is 0 Å². The van der Waals surface area contributed by atoms with Gasteiger partial charge in [-0.25, -0.2) is 4.79 Å². The van der Waals surface area contributed by atoms with Crippen LogP contribution in [-0.4, -0.2) is 41.8 Å². The molecule has 15 heavy (non-hydrogen) atoms. The fraction of sp³-hybridized carbons (Fsp3) is 0.571. The van der Waals surface area contributed by atoms with Crippen molar-refractivity contribution in [3.63, 3.8) is 0 Å². The monoisotopic (exact) mass is 244 g/mol. The predicted octanol–water partition coefficient (Wildman–Crippen LogP) is 0.647. The minimum Gasteiger partial charge on any atom is -0.478 e. The standard InChI is InChI=1S/C4H10O.C3H4O2.H2O4S/c1-3-5-4-2;1-2-3(4)5;1-5(2,3)4/h3-4H2,1-2H3;2H,1H2,(H,4,5);(H2,1,2,3,4). The van der Waals surface area contributed by atoms with Gasteiger partial charge in [0.15, 0.2) is 0 Å². The summed E-state index contributed by atoms with van der Waals surface area (Å²) in [4.78, 5) is 9.25. The van der Waals surface area contributed by atoms with Crippen molar-refractivity contribution in [2.75, 3.05) is 13.2 Å². The van der Waals surface area contributed by atoms with E-state index in [4.69, 9.17) is 27.4 Å². The van der Waals surface area contributed by atoms with Crippen LogP contribution in [0.3, 0.4) is 0 Å². The summed E-state index contributed by atoms with van der Waals surface area (Å²) in [6.07, 6.45) is 0.833. The molecule has 3 N–H and O–H groups in total. The number of hydrogen-bond donors (Lipinski definition) is 3. The second-order valence-electron chi connectivity index (χ2n) is 1.77. The first-order valence-corrected chi connectivity index (χ1v) is 5.21. The van der Waals surface area contributed by atoms with Crippen molar-refractivity contribution in [2.24, 2.45) is 0 Å². The molecule has 0 rings (SSSR count). The van der Waals surface area contributed by atoms with Crippen LogP contribution >= 0.6 is 0 Å². The number of aliphatic carboxylic acids is 1. The molecule has 0 heterocycles. The number of carbonyl (C=O) groups is 1. The first kappa shape index (κ1) is 19.6. The molecule has 0 fully saturated rings. The van der Waals surface area contributed by atoms with Gasteiger partial charge in [0.25, 0.3) is 0 Å². The molecule has 0 amide bonds. The average molecular weight is 244 g/mol. The SMILES string of the molecule is C=CC(=O)O.CCOCC.O=S(=O)(O)O. The van der Waals surface area contributed by atoms with Crippen LogP contribution in [0.4, 0.5) is 0 Å². The Bertz CT molecular complexity index is 234. The third kappa shape index (κ3) is 172. The molecule has 0 unspecified atom stereocenters. The number of carboxylic acid groups (broad SMARTS) is 1. The van der Waals surface area contributed by atoms with E-state index >= 15 is 0 Å². The Morgan fingerprint density at radius 1 is 1.33 bits per heavy atom. The van der Waals surface area contributed by atoms with Crippen molar-refractivity contribution >= 4 is 16.4 Å². The highest BCUT2D eigenvalue weighted by atomic mass is 32.3. The normalized spacial score (nSPS) is 8.80. The summed E-state index contributed by atoms with van der Waals surface area (Å²) in [5.74, 6) is -0.981. The lowest BCUT2D eigenvalue weighted by molar-refractivity contribution is -0.131. The molecule has 0 atom stereocenters. The van der Waals surface area contributed by atoms with Crippen molar-refractivity contribution in [3.8, 4) is 0 Å². The molecule has 0 aliphatic rings. The number of ether oxygens (including phenoxy) is 1. The highest BCUT2D eigenvalue weighted by Crippen LogP contribution is 1.64. The van der Waals surface area contributed by atoms with Gasteiger partial charge in [-0.3, -0.25) is 9.11 Å². The molecule has 7 nitrogen and oxygen atoms in total. The van der Waals surface area contributed by atoms with E-state index in [1.165, 1.54) is 0 Å². The van der Waals surface area contributed by atoms with Crippen molar-refractivity contribution in [3.05, 3.63) is 12.7 Å². The summed E-state index contributed by atoms with van der Waals surface area (Å²) >= 11 is 0. The van der Waals surface area contributed by atoms with Gasteiger partial charge in [0, 0.05) is 19.3 Å². The lowest BCUT2D eigenvalue weighted by atomic mass is 10.7. The molecule has 8 heteroatoms. The topological polar surface area (TPSA) is 121 Å². The lowest BCUT2D eigenvalue weighted by Gasteiger charge is -1.86. The first-order valence-electron chi connectivity index (χ1n) is 3.81. The smallest absolute Gasteiger partial charge is 0.394 e. The Morgan fingerprint density at radius 3 is 1.53 bits per heavy atom. The van der Waals surface area contributed by atoms with E-state index in [9.17, 15) is 4.79 Å². The summed E-state index contributed by atoms with van der Waals surface area (Å²) in [5.41, 5.74) is 0. The molecule has 0 radical (unpaired) electrons. The molecule has 0 aliphatic heterocycles. The van der Waals surface area contributed by atoms with E-state index in [1.54, 1.807) is 0 Å². The highest BCUT2D eigenvalue weighted by Gasteiger charge is 1.84. The van der Waals surface area contributed by atoms with E-state index in [2.05, 4.69) is 6.58 Å². The van der Waals surface area contributed by atoms with Crippen molar-refractivity contribution in [1.82, 2.24) is 0 Å². The van der Waals surface area contributed by atoms with Gasteiger partial charge in [-0.05, 0) is 13.8 Å². The fourth-order valence-corrected chi connectivity index (χ4v) is 0.204. The zero-order valence-corrected chi connectivity index (χ0v) is 9.40. The van der Waals surface area contributed by atoms with Crippen LogP contribution in [0.1, 0.15) is 13.8 Å². The van der Waals surface area contributed by atoms with Crippen molar-refractivity contribution < 1.29 is 32.2 Å². The molecule has 0 aromatic rings. The van der Waals surface area contributed by atoms with Gasteiger partial charge in [-0.15, -0.1) is 0 Å². The van der Waals surface area contributed by atoms with Gasteiger partial charge in [0.05, 0.1) is 0 Å². The second-order valence-corrected chi connectivity index (χ2v) is 2.67. The molecule has 0 bridgehead atoms. The van der Waals surface area contributed by atoms with Crippen LogP contribution in [0.25, 0.3) is 0 Å². The van der Waals surface area contributed by atoms with Crippen LogP contribution in [0.2, 0.25) is 0 Å². The van der Waals surface area contributed by atoms with E-state index in [-0.39, 0.29) is 0 Å². The van der Waals surface area contributed by atoms with Gasteiger partial charge in [-0.1, -0.05) is 6.58 Å². The third-order valence-electron chi connectivity index (χ3n) is 0.583. The maximum absolute atomic E-state index is 9.25. The quantitative estimate of drug-likeness (QED) is 0.492. The third-order valence-corrected chi connectivity index (χ3v) is 0.583.